The van der Waals surface area contributed by atoms with Crippen LogP contribution in [-0.4, -0.2) is 17.3 Å². The van der Waals surface area contributed by atoms with E-state index in [9.17, 15) is 4.79 Å². The number of nitrogens with zero attached hydrogens (tertiary/aromatic N) is 1. The molecule has 12 heavy (non-hydrogen) atoms. The van der Waals surface area contributed by atoms with Gasteiger partial charge in [0.25, 0.3) is 0 Å². The van der Waals surface area contributed by atoms with Crippen LogP contribution in [0.4, 0.5) is 0 Å². The lowest BCUT2D eigenvalue weighted by atomic mass is 10.2. The van der Waals surface area contributed by atoms with Gasteiger partial charge < -0.3 is 5.73 Å². The molecule has 4 heteroatoms. The first-order chi connectivity index (χ1) is 5.74. The van der Waals surface area contributed by atoms with Crippen LogP contribution in [-0.2, 0) is 0 Å². The van der Waals surface area contributed by atoms with Gasteiger partial charge in [0.1, 0.15) is 5.69 Å². The van der Waals surface area contributed by atoms with Crippen molar-refractivity contribution in [2.75, 3.05) is 6.54 Å². The Balaban J connectivity index is 2.75. The third-order valence-corrected chi connectivity index (χ3v) is 1.85. The topological polar surface area (TPSA) is 56.0 Å². The second kappa shape index (κ2) is 4.33. The summed E-state index contributed by atoms with van der Waals surface area (Å²) in [5.74, 6) is -0.00926. The number of Topliss-reactive ketones (excluding diaryl/α,β-unsaturated/α-hetero) is 1. The third-order valence-electron chi connectivity index (χ3n) is 1.38. The maximum atomic E-state index is 11.2. The zero-order valence-electron chi connectivity index (χ0n) is 6.46. The molecule has 0 aliphatic rings. The number of rotatable bonds is 3. The van der Waals surface area contributed by atoms with Gasteiger partial charge in [0.15, 0.2) is 5.78 Å². The van der Waals surface area contributed by atoms with Crippen LogP contribution < -0.4 is 5.73 Å². The van der Waals surface area contributed by atoms with Crippen molar-refractivity contribution in [3.63, 3.8) is 0 Å². The predicted molar refractivity (Wildman–Crippen MR) is 49.9 cm³/mol. The second-order valence-corrected chi connectivity index (χ2v) is 3.24. The Morgan fingerprint density at radius 3 is 2.83 bits per heavy atom. The van der Waals surface area contributed by atoms with E-state index in [-0.39, 0.29) is 5.78 Å². The van der Waals surface area contributed by atoms with Gasteiger partial charge in [0.05, 0.1) is 0 Å². The summed E-state index contributed by atoms with van der Waals surface area (Å²) in [5, 5.41) is 0. The second-order valence-electron chi connectivity index (χ2n) is 2.32. The smallest absolute Gasteiger partial charge is 0.182 e. The Labute approximate surface area is 79.1 Å². The summed E-state index contributed by atoms with van der Waals surface area (Å²) in [4.78, 5) is 15.1. The van der Waals surface area contributed by atoms with Gasteiger partial charge in [-0.2, -0.15) is 0 Å². The van der Waals surface area contributed by atoms with Crippen molar-refractivity contribution in [3.05, 3.63) is 28.5 Å². The molecule has 1 aromatic rings. The number of pyridine rings is 1. The molecular weight excluding hydrogens is 220 g/mol. The van der Waals surface area contributed by atoms with Crippen molar-refractivity contribution in [1.82, 2.24) is 4.98 Å². The summed E-state index contributed by atoms with van der Waals surface area (Å²) in [6.45, 7) is 0.372. The van der Waals surface area contributed by atoms with E-state index < -0.39 is 0 Å². The maximum absolute atomic E-state index is 11.2. The van der Waals surface area contributed by atoms with Crippen molar-refractivity contribution >= 4 is 21.7 Å². The fourth-order valence-corrected chi connectivity index (χ4v) is 1.03. The van der Waals surface area contributed by atoms with Crippen LogP contribution in [0.1, 0.15) is 16.9 Å². The first-order valence-corrected chi connectivity index (χ1v) is 4.38. The summed E-state index contributed by atoms with van der Waals surface area (Å²) >= 11 is 3.24. The van der Waals surface area contributed by atoms with E-state index in [0.717, 1.165) is 4.47 Å². The van der Waals surface area contributed by atoms with Crippen LogP contribution in [0.15, 0.2) is 22.8 Å². The predicted octanol–water partition coefficient (Wildman–Crippen LogP) is 1.38. The highest BCUT2D eigenvalue weighted by Gasteiger charge is 2.04. The molecule has 64 valence electrons. The molecule has 0 bridgehead atoms. The fourth-order valence-electron chi connectivity index (χ4n) is 0.800. The SMILES string of the molecule is NCCC(=O)c1ccc(Br)cn1. The molecule has 0 unspecified atom stereocenters. The van der Waals surface area contributed by atoms with Crippen LogP contribution in [0, 0.1) is 0 Å². The minimum Gasteiger partial charge on any atom is -0.330 e. The molecule has 0 fully saturated rings. The molecule has 0 radical (unpaired) electrons. The molecule has 0 saturated carbocycles. The molecular formula is C8H9BrN2O. The summed E-state index contributed by atoms with van der Waals surface area (Å²) in [6, 6.07) is 3.47. The number of nitrogens with two attached hydrogens (primary N) is 1. The average Bonchev–Trinajstić information content (AvgIpc) is 2.06. The molecule has 2 N–H and O–H groups in total. The Morgan fingerprint density at radius 1 is 1.58 bits per heavy atom. The lowest BCUT2D eigenvalue weighted by Gasteiger charge is -1.96. The molecule has 0 aromatic carbocycles. The zero-order chi connectivity index (χ0) is 8.97. The monoisotopic (exact) mass is 228 g/mol. The van der Waals surface area contributed by atoms with Crippen LogP contribution in [0.25, 0.3) is 0 Å². The molecule has 0 amide bonds. The number of hydrogen-bond acceptors (Lipinski definition) is 3. The van der Waals surface area contributed by atoms with Gasteiger partial charge in [-0.25, -0.2) is 0 Å². The Bertz CT molecular complexity index is 271. The molecule has 0 spiro atoms. The van der Waals surface area contributed by atoms with E-state index >= 15 is 0 Å². The number of halogens is 1. The molecule has 3 nitrogen and oxygen atoms in total. The quantitative estimate of drug-likeness (QED) is 0.796. The zero-order valence-corrected chi connectivity index (χ0v) is 8.04. The minimum atomic E-state index is -0.00926. The molecule has 1 rings (SSSR count). The summed E-state index contributed by atoms with van der Waals surface area (Å²) in [5.41, 5.74) is 5.71. The standard InChI is InChI=1S/C8H9BrN2O/c9-6-1-2-7(11-5-6)8(12)3-4-10/h1-2,5H,3-4,10H2. The normalized spacial score (nSPS) is 9.83. The van der Waals surface area contributed by atoms with Gasteiger partial charge >= 0.3 is 0 Å². The highest BCUT2D eigenvalue weighted by Crippen LogP contribution is 2.08. The van der Waals surface area contributed by atoms with Crippen molar-refractivity contribution < 1.29 is 4.79 Å². The van der Waals surface area contributed by atoms with Crippen molar-refractivity contribution in [1.29, 1.82) is 0 Å². The Kier molecular flexibility index (Phi) is 3.37. The number of carbonyl (C=O) groups is 1. The van der Waals surface area contributed by atoms with Crippen LogP contribution in [0.3, 0.4) is 0 Å². The van der Waals surface area contributed by atoms with Crippen LogP contribution >= 0.6 is 15.9 Å². The number of hydrogen-bond donors (Lipinski definition) is 1. The highest BCUT2D eigenvalue weighted by molar-refractivity contribution is 9.10. The van der Waals surface area contributed by atoms with Crippen molar-refractivity contribution in [2.45, 2.75) is 6.42 Å². The van der Waals surface area contributed by atoms with Gasteiger partial charge in [0.2, 0.25) is 0 Å². The van der Waals surface area contributed by atoms with E-state index in [1.54, 1.807) is 18.3 Å². The van der Waals surface area contributed by atoms with E-state index in [2.05, 4.69) is 20.9 Å². The van der Waals surface area contributed by atoms with E-state index in [1.165, 1.54) is 0 Å². The van der Waals surface area contributed by atoms with E-state index in [1.807, 2.05) is 0 Å². The van der Waals surface area contributed by atoms with Gasteiger partial charge in [0, 0.05) is 17.1 Å². The maximum Gasteiger partial charge on any atom is 0.182 e. The largest absolute Gasteiger partial charge is 0.330 e. The van der Waals surface area contributed by atoms with Gasteiger partial charge in [-0.3, -0.25) is 9.78 Å². The summed E-state index contributed by atoms with van der Waals surface area (Å²) in [7, 11) is 0. The van der Waals surface area contributed by atoms with E-state index in [4.69, 9.17) is 5.73 Å². The average molecular weight is 229 g/mol. The van der Waals surface area contributed by atoms with E-state index in [0.29, 0.717) is 18.7 Å². The number of ketones is 1. The van der Waals surface area contributed by atoms with Gasteiger partial charge in [-0.15, -0.1) is 0 Å². The first-order valence-electron chi connectivity index (χ1n) is 3.59. The lowest BCUT2D eigenvalue weighted by molar-refractivity contribution is 0.0980. The number of carbonyl (C=O) groups excluding carboxylic acids is 1. The third kappa shape index (κ3) is 2.39. The van der Waals surface area contributed by atoms with Crippen LogP contribution in [0.2, 0.25) is 0 Å². The molecule has 1 heterocycles. The molecule has 1 aromatic heterocycles. The minimum absolute atomic E-state index is 0.00926. The fraction of sp³-hybridized carbons (Fsp3) is 0.250. The molecule has 0 aliphatic heterocycles. The van der Waals surface area contributed by atoms with Gasteiger partial charge in [-0.1, -0.05) is 0 Å². The summed E-state index contributed by atoms with van der Waals surface area (Å²) in [6.07, 6.45) is 1.96. The Morgan fingerprint density at radius 2 is 2.33 bits per heavy atom. The first kappa shape index (κ1) is 9.35. The summed E-state index contributed by atoms with van der Waals surface area (Å²) < 4.78 is 0.867. The van der Waals surface area contributed by atoms with Crippen molar-refractivity contribution in [2.24, 2.45) is 5.73 Å². The highest BCUT2D eigenvalue weighted by atomic mass is 79.9. The molecule has 0 aliphatic carbocycles. The number of aromatic nitrogens is 1. The van der Waals surface area contributed by atoms with Gasteiger partial charge in [-0.05, 0) is 34.6 Å². The molecule has 0 saturated heterocycles. The van der Waals surface area contributed by atoms with Crippen molar-refractivity contribution in [3.8, 4) is 0 Å². The lowest BCUT2D eigenvalue weighted by Crippen LogP contribution is -2.09. The molecule has 0 atom stereocenters. The Hall–Kier alpha value is -0.740. The van der Waals surface area contributed by atoms with Crippen LogP contribution in [0.5, 0.6) is 0 Å².